The van der Waals surface area contributed by atoms with Crippen LogP contribution in [0.15, 0.2) is 66.9 Å². The van der Waals surface area contributed by atoms with E-state index in [1.54, 1.807) is 72.8 Å². The van der Waals surface area contributed by atoms with E-state index in [4.69, 9.17) is 15.2 Å². The Labute approximate surface area is 222 Å². The maximum Gasteiger partial charge on any atom is 0.322 e. The highest BCUT2D eigenvalue weighted by atomic mass is 16.5. The van der Waals surface area contributed by atoms with Crippen molar-refractivity contribution >= 4 is 29.0 Å². The average Bonchev–Trinajstić information content (AvgIpc) is 2.95. The van der Waals surface area contributed by atoms with Gasteiger partial charge >= 0.3 is 6.03 Å². The highest BCUT2D eigenvalue weighted by Crippen LogP contribution is 2.18. The first-order chi connectivity index (χ1) is 18.5. The van der Waals surface area contributed by atoms with Crippen LogP contribution in [-0.2, 0) is 11.3 Å². The summed E-state index contributed by atoms with van der Waals surface area (Å²) >= 11 is 0. The van der Waals surface area contributed by atoms with Crippen LogP contribution in [0.5, 0.6) is 5.75 Å². The molecule has 3 amide bonds. The molecule has 2 heterocycles. The normalized spacial score (nSPS) is 13.5. The third-order valence-electron chi connectivity index (χ3n) is 6.27. The van der Waals surface area contributed by atoms with Gasteiger partial charge in [-0.05, 0) is 54.4 Å². The maximum absolute atomic E-state index is 13.2. The fourth-order valence-electron chi connectivity index (χ4n) is 4.11. The highest BCUT2D eigenvalue weighted by molar-refractivity contribution is 6.04. The number of morpholine rings is 1. The molecule has 1 aliphatic heterocycles. The Morgan fingerprint density at radius 2 is 1.82 bits per heavy atom. The molecule has 3 aromatic rings. The van der Waals surface area contributed by atoms with Gasteiger partial charge in [0.1, 0.15) is 11.4 Å². The first-order valence-corrected chi connectivity index (χ1v) is 12.6. The molecular formula is C28H34N6O4. The molecule has 200 valence electrons. The molecule has 0 saturated carbocycles. The number of anilines is 3. The van der Waals surface area contributed by atoms with Crippen LogP contribution in [0.25, 0.3) is 0 Å². The van der Waals surface area contributed by atoms with Crippen LogP contribution in [0.3, 0.4) is 0 Å². The first kappa shape index (κ1) is 26.9. The van der Waals surface area contributed by atoms with Crippen LogP contribution in [0.2, 0.25) is 0 Å². The van der Waals surface area contributed by atoms with E-state index in [0.717, 1.165) is 50.6 Å². The minimum Gasteiger partial charge on any atom is -0.497 e. The molecule has 4 N–H and O–H groups in total. The van der Waals surface area contributed by atoms with Gasteiger partial charge in [0.05, 0.1) is 31.7 Å². The quantitative estimate of drug-likeness (QED) is 0.350. The second-order valence-electron chi connectivity index (χ2n) is 8.98. The summed E-state index contributed by atoms with van der Waals surface area (Å²) in [6.07, 6.45) is 2.45. The van der Waals surface area contributed by atoms with Gasteiger partial charge in [0.15, 0.2) is 0 Å². The van der Waals surface area contributed by atoms with Gasteiger partial charge in [0.25, 0.3) is 5.91 Å². The van der Waals surface area contributed by atoms with Gasteiger partial charge in [0, 0.05) is 44.6 Å². The van der Waals surface area contributed by atoms with Gasteiger partial charge in [-0.15, -0.1) is 0 Å². The van der Waals surface area contributed by atoms with Crippen LogP contribution in [-0.4, -0.2) is 73.2 Å². The van der Waals surface area contributed by atoms with E-state index in [1.807, 2.05) is 6.07 Å². The Hall–Kier alpha value is -4.15. The summed E-state index contributed by atoms with van der Waals surface area (Å²) in [5, 5.41) is 5.74. The number of benzene rings is 2. The SMILES string of the molecule is COc1ccc(NC(=O)N(CCCN2CCOCC2)Cc2ccc(C(=O)Nc3ccccc3N)nc2)cc1. The number of nitrogens with one attached hydrogen (secondary N) is 2. The zero-order chi connectivity index (χ0) is 26.7. The Kier molecular flexibility index (Phi) is 9.49. The molecule has 0 bridgehead atoms. The van der Waals surface area contributed by atoms with Crippen LogP contribution >= 0.6 is 0 Å². The third-order valence-corrected chi connectivity index (χ3v) is 6.27. The molecule has 0 radical (unpaired) electrons. The number of nitrogens with zero attached hydrogens (tertiary/aromatic N) is 3. The van der Waals surface area contributed by atoms with E-state index < -0.39 is 0 Å². The summed E-state index contributed by atoms with van der Waals surface area (Å²) in [5.74, 6) is 0.365. The Morgan fingerprint density at radius 3 is 2.50 bits per heavy atom. The first-order valence-electron chi connectivity index (χ1n) is 12.6. The number of hydrogen-bond acceptors (Lipinski definition) is 7. The van der Waals surface area contributed by atoms with E-state index in [-0.39, 0.29) is 17.6 Å². The zero-order valence-electron chi connectivity index (χ0n) is 21.6. The highest BCUT2D eigenvalue weighted by Gasteiger charge is 2.17. The molecule has 1 aliphatic rings. The number of carbonyl (C=O) groups excluding carboxylic acids is 2. The number of pyridine rings is 1. The van der Waals surface area contributed by atoms with Crippen molar-refractivity contribution in [2.24, 2.45) is 0 Å². The summed E-state index contributed by atoms with van der Waals surface area (Å²) in [5.41, 5.74) is 8.69. The largest absolute Gasteiger partial charge is 0.497 e. The number of nitrogens with two attached hydrogens (primary N) is 1. The van der Waals surface area contributed by atoms with Gasteiger partial charge in [-0.25, -0.2) is 4.79 Å². The van der Waals surface area contributed by atoms with Crippen LogP contribution in [0.1, 0.15) is 22.5 Å². The van der Waals surface area contributed by atoms with Gasteiger partial charge in [-0.2, -0.15) is 0 Å². The van der Waals surface area contributed by atoms with Crippen LogP contribution in [0.4, 0.5) is 21.9 Å². The number of carbonyl (C=O) groups is 2. The minimum absolute atomic E-state index is 0.210. The number of ether oxygens (including phenoxy) is 2. The van der Waals surface area contributed by atoms with E-state index >= 15 is 0 Å². The van der Waals surface area contributed by atoms with Crippen LogP contribution in [0, 0.1) is 0 Å². The molecule has 0 atom stereocenters. The molecule has 1 fully saturated rings. The van der Waals surface area contributed by atoms with Gasteiger partial charge in [-0.1, -0.05) is 18.2 Å². The smallest absolute Gasteiger partial charge is 0.322 e. The number of rotatable bonds is 10. The molecule has 0 unspecified atom stereocenters. The van der Waals surface area contributed by atoms with Gasteiger partial charge in [-0.3, -0.25) is 14.7 Å². The molecule has 10 nitrogen and oxygen atoms in total. The lowest BCUT2D eigenvalue weighted by molar-refractivity contribution is 0.0365. The third kappa shape index (κ3) is 7.67. The topological polar surface area (TPSA) is 122 Å². The second-order valence-corrected chi connectivity index (χ2v) is 8.98. The molecule has 38 heavy (non-hydrogen) atoms. The summed E-state index contributed by atoms with van der Waals surface area (Å²) < 4.78 is 10.6. The van der Waals surface area contributed by atoms with Crippen molar-refractivity contribution < 1.29 is 19.1 Å². The lowest BCUT2D eigenvalue weighted by atomic mass is 10.2. The van der Waals surface area contributed by atoms with Crippen molar-refractivity contribution in [3.05, 3.63) is 78.1 Å². The minimum atomic E-state index is -0.353. The number of methoxy groups -OCH3 is 1. The number of urea groups is 1. The molecule has 0 aliphatic carbocycles. The molecule has 2 aromatic carbocycles. The van der Waals surface area contributed by atoms with Gasteiger partial charge < -0.3 is 30.7 Å². The number of nitrogen functional groups attached to an aromatic ring is 1. The fourth-order valence-corrected chi connectivity index (χ4v) is 4.11. The predicted molar refractivity (Wildman–Crippen MR) is 147 cm³/mol. The van der Waals surface area contributed by atoms with Crippen molar-refractivity contribution in [1.29, 1.82) is 0 Å². The summed E-state index contributed by atoms with van der Waals surface area (Å²) in [6, 6.07) is 17.5. The molecule has 10 heteroatoms. The molecule has 1 aromatic heterocycles. The molecular weight excluding hydrogens is 484 g/mol. The maximum atomic E-state index is 13.2. The standard InChI is InChI=1S/C28H34N6O4/c1-37-23-10-8-22(9-11-23)31-28(36)34(14-4-13-33-15-17-38-18-16-33)20-21-7-12-26(30-19-21)27(35)32-25-6-3-2-5-24(25)29/h2-3,5-12,19H,4,13-18,20,29H2,1H3,(H,31,36)(H,32,35). The lowest BCUT2D eigenvalue weighted by Gasteiger charge is -2.28. The second kappa shape index (κ2) is 13.4. The van der Waals surface area contributed by atoms with Crippen molar-refractivity contribution in [2.75, 3.05) is 62.9 Å². The van der Waals surface area contributed by atoms with Crippen molar-refractivity contribution in [3.8, 4) is 5.75 Å². The van der Waals surface area contributed by atoms with Crippen molar-refractivity contribution in [3.63, 3.8) is 0 Å². The zero-order valence-corrected chi connectivity index (χ0v) is 21.6. The Balaban J connectivity index is 1.40. The predicted octanol–water partition coefficient (Wildman–Crippen LogP) is 3.68. The van der Waals surface area contributed by atoms with E-state index in [0.29, 0.717) is 30.2 Å². The number of para-hydroxylation sites is 2. The Morgan fingerprint density at radius 1 is 1.05 bits per heavy atom. The molecule has 4 rings (SSSR count). The van der Waals surface area contributed by atoms with E-state index in [2.05, 4.69) is 20.5 Å². The summed E-state index contributed by atoms with van der Waals surface area (Å²) in [4.78, 5) is 34.3. The molecule has 0 spiro atoms. The van der Waals surface area contributed by atoms with Crippen molar-refractivity contribution in [1.82, 2.24) is 14.8 Å². The Bertz CT molecular complexity index is 1200. The molecule has 1 saturated heterocycles. The van der Waals surface area contributed by atoms with E-state index in [9.17, 15) is 9.59 Å². The number of amides is 3. The van der Waals surface area contributed by atoms with Gasteiger partial charge in [0.2, 0.25) is 0 Å². The summed E-state index contributed by atoms with van der Waals surface area (Å²) in [7, 11) is 1.60. The summed E-state index contributed by atoms with van der Waals surface area (Å²) in [6.45, 7) is 5.09. The lowest BCUT2D eigenvalue weighted by Crippen LogP contribution is -2.40. The average molecular weight is 519 g/mol. The number of aromatic nitrogens is 1. The van der Waals surface area contributed by atoms with E-state index in [1.165, 1.54) is 0 Å². The van der Waals surface area contributed by atoms with Crippen LogP contribution < -0.4 is 21.1 Å². The number of hydrogen-bond donors (Lipinski definition) is 3. The van der Waals surface area contributed by atoms with Crippen molar-refractivity contribution in [2.45, 2.75) is 13.0 Å². The monoisotopic (exact) mass is 518 g/mol. The fraction of sp³-hybridized carbons (Fsp3) is 0.321.